The second-order valence-electron chi connectivity index (χ2n) is 7.88. The van der Waals surface area contributed by atoms with E-state index in [1.54, 1.807) is 25.8 Å². The van der Waals surface area contributed by atoms with Crippen LogP contribution in [0.1, 0.15) is 19.4 Å². The normalized spacial score (nSPS) is 15.3. The first-order valence-corrected chi connectivity index (χ1v) is 9.78. The van der Waals surface area contributed by atoms with Crippen molar-refractivity contribution in [3.8, 4) is 0 Å². The summed E-state index contributed by atoms with van der Waals surface area (Å²) in [6, 6.07) is 19.8. The van der Waals surface area contributed by atoms with Crippen LogP contribution in [0.15, 0.2) is 60.7 Å². The van der Waals surface area contributed by atoms with E-state index in [4.69, 9.17) is 0 Å². The summed E-state index contributed by atoms with van der Waals surface area (Å²) in [6.07, 6.45) is 0. The fourth-order valence-electron chi connectivity index (χ4n) is 3.63. The highest BCUT2D eigenvalue weighted by molar-refractivity contribution is 6.10. The third-order valence-electron chi connectivity index (χ3n) is 5.43. The summed E-state index contributed by atoms with van der Waals surface area (Å²) in [5, 5.41) is 0. The number of anilines is 1. The third-order valence-corrected chi connectivity index (χ3v) is 5.43. The maximum Gasteiger partial charge on any atom is 0.241 e. The maximum atomic E-state index is 13.1. The molecule has 0 spiro atoms. The van der Waals surface area contributed by atoms with E-state index in [2.05, 4.69) is 17.0 Å². The van der Waals surface area contributed by atoms with Crippen molar-refractivity contribution in [3.63, 3.8) is 0 Å². The Bertz CT molecular complexity index is 797. The van der Waals surface area contributed by atoms with Crippen LogP contribution in [-0.2, 0) is 16.1 Å². The Morgan fingerprint density at radius 1 is 0.893 bits per heavy atom. The summed E-state index contributed by atoms with van der Waals surface area (Å²) in [7, 11) is 1.73. The van der Waals surface area contributed by atoms with Gasteiger partial charge in [0.1, 0.15) is 5.41 Å². The molecule has 0 bridgehead atoms. The third kappa shape index (κ3) is 4.42. The standard InChI is InChI=1S/C23H29N3O2/c1-23(2,21(27)24(3)20-12-8-5-9-13-20)22(28)26-16-14-25(15-17-26)18-19-10-6-4-7-11-19/h4-13H,14-18H2,1-3H3. The Balaban J connectivity index is 1.59. The van der Waals surface area contributed by atoms with Crippen LogP contribution in [0.2, 0.25) is 0 Å². The second-order valence-corrected chi connectivity index (χ2v) is 7.88. The fraction of sp³-hybridized carbons (Fsp3) is 0.391. The lowest BCUT2D eigenvalue weighted by atomic mass is 9.89. The zero-order chi connectivity index (χ0) is 20.1. The van der Waals surface area contributed by atoms with Gasteiger partial charge in [0.25, 0.3) is 0 Å². The Hall–Kier alpha value is -2.66. The molecule has 2 aromatic carbocycles. The Morgan fingerprint density at radius 2 is 1.43 bits per heavy atom. The topological polar surface area (TPSA) is 43.9 Å². The highest BCUT2D eigenvalue weighted by Gasteiger charge is 2.41. The van der Waals surface area contributed by atoms with Crippen molar-refractivity contribution in [1.82, 2.24) is 9.80 Å². The molecule has 3 rings (SSSR count). The number of hydrogen-bond acceptors (Lipinski definition) is 3. The lowest BCUT2D eigenvalue weighted by Gasteiger charge is -2.39. The van der Waals surface area contributed by atoms with E-state index in [0.29, 0.717) is 13.1 Å². The quantitative estimate of drug-likeness (QED) is 0.750. The maximum absolute atomic E-state index is 13.1. The molecule has 1 aliphatic heterocycles. The van der Waals surface area contributed by atoms with Crippen LogP contribution in [0.5, 0.6) is 0 Å². The Kier molecular flexibility index (Phi) is 6.15. The smallest absolute Gasteiger partial charge is 0.241 e. The molecule has 0 aromatic heterocycles. The lowest BCUT2D eigenvalue weighted by molar-refractivity contribution is -0.148. The zero-order valence-electron chi connectivity index (χ0n) is 17.0. The van der Waals surface area contributed by atoms with Crippen LogP contribution < -0.4 is 4.90 Å². The van der Waals surface area contributed by atoms with E-state index in [1.807, 2.05) is 53.4 Å². The first-order chi connectivity index (χ1) is 13.4. The molecular formula is C23H29N3O2. The molecule has 2 amide bonds. The lowest BCUT2D eigenvalue weighted by Crippen LogP contribution is -2.55. The predicted octanol–water partition coefficient (Wildman–Crippen LogP) is 3.02. The van der Waals surface area contributed by atoms with E-state index < -0.39 is 5.41 Å². The van der Waals surface area contributed by atoms with Crippen molar-refractivity contribution in [1.29, 1.82) is 0 Å². The number of amides is 2. The van der Waals surface area contributed by atoms with E-state index in [9.17, 15) is 9.59 Å². The van der Waals surface area contributed by atoms with Crippen LogP contribution in [0.3, 0.4) is 0 Å². The van der Waals surface area contributed by atoms with Crippen molar-refractivity contribution >= 4 is 17.5 Å². The number of para-hydroxylation sites is 1. The number of nitrogens with zero attached hydrogens (tertiary/aromatic N) is 3. The first-order valence-electron chi connectivity index (χ1n) is 9.78. The minimum atomic E-state index is -1.09. The van der Waals surface area contributed by atoms with Gasteiger partial charge in [-0.15, -0.1) is 0 Å². The highest BCUT2D eigenvalue weighted by atomic mass is 16.2. The number of benzene rings is 2. The molecule has 0 saturated carbocycles. The molecule has 0 radical (unpaired) electrons. The molecular weight excluding hydrogens is 350 g/mol. The van der Waals surface area contributed by atoms with Gasteiger partial charge in [-0.1, -0.05) is 48.5 Å². The Morgan fingerprint density at radius 3 is 2.00 bits per heavy atom. The minimum Gasteiger partial charge on any atom is -0.339 e. The fourth-order valence-corrected chi connectivity index (χ4v) is 3.63. The van der Waals surface area contributed by atoms with Crippen LogP contribution in [-0.4, -0.2) is 54.8 Å². The van der Waals surface area contributed by atoms with E-state index in [-0.39, 0.29) is 11.8 Å². The van der Waals surface area contributed by atoms with E-state index in [1.165, 1.54) is 5.56 Å². The SMILES string of the molecule is CN(C(=O)C(C)(C)C(=O)N1CCN(Cc2ccccc2)CC1)c1ccccc1. The summed E-state index contributed by atoms with van der Waals surface area (Å²) in [6.45, 7) is 7.29. The summed E-state index contributed by atoms with van der Waals surface area (Å²) in [4.78, 5) is 31.9. The van der Waals surface area contributed by atoms with Gasteiger partial charge in [0.05, 0.1) is 0 Å². The van der Waals surface area contributed by atoms with Crippen LogP contribution in [0.4, 0.5) is 5.69 Å². The van der Waals surface area contributed by atoms with Crippen LogP contribution in [0, 0.1) is 5.41 Å². The summed E-state index contributed by atoms with van der Waals surface area (Å²) in [5.74, 6) is -0.282. The minimum absolute atomic E-state index is 0.0976. The molecule has 1 heterocycles. The number of carbonyl (C=O) groups excluding carboxylic acids is 2. The van der Waals surface area contributed by atoms with E-state index in [0.717, 1.165) is 25.3 Å². The van der Waals surface area contributed by atoms with Gasteiger partial charge >= 0.3 is 0 Å². The summed E-state index contributed by atoms with van der Waals surface area (Å²) < 4.78 is 0. The average Bonchev–Trinajstić information content (AvgIpc) is 2.74. The molecule has 1 fully saturated rings. The highest BCUT2D eigenvalue weighted by Crippen LogP contribution is 2.26. The van der Waals surface area contributed by atoms with Crippen LogP contribution in [0.25, 0.3) is 0 Å². The van der Waals surface area contributed by atoms with Gasteiger partial charge in [-0.3, -0.25) is 14.5 Å². The van der Waals surface area contributed by atoms with Crippen molar-refractivity contribution in [2.45, 2.75) is 20.4 Å². The van der Waals surface area contributed by atoms with Gasteiger partial charge in [0.15, 0.2) is 0 Å². The zero-order valence-corrected chi connectivity index (χ0v) is 17.0. The molecule has 0 aliphatic carbocycles. The molecule has 0 N–H and O–H groups in total. The molecule has 0 atom stereocenters. The van der Waals surface area contributed by atoms with Gasteiger partial charge in [-0.2, -0.15) is 0 Å². The molecule has 148 valence electrons. The number of rotatable bonds is 5. The van der Waals surface area contributed by atoms with Gasteiger partial charge in [0, 0.05) is 45.5 Å². The predicted molar refractivity (Wildman–Crippen MR) is 112 cm³/mol. The van der Waals surface area contributed by atoms with Crippen LogP contribution >= 0.6 is 0 Å². The van der Waals surface area contributed by atoms with Gasteiger partial charge < -0.3 is 9.80 Å². The van der Waals surface area contributed by atoms with Crippen molar-refractivity contribution < 1.29 is 9.59 Å². The molecule has 2 aromatic rings. The van der Waals surface area contributed by atoms with Crippen molar-refractivity contribution in [2.24, 2.45) is 5.41 Å². The number of piperazine rings is 1. The van der Waals surface area contributed by atoms with Crippen molar-refractivity contribution in [3.05, 3.63) is 66.2 Å². The monoisotopic (exact) mass is 379 g/mol. The summed E-state index contributed by atoms with van der Waals surface area (Å²) >= 11 is 0. The molecule has 28 heavy (non-hydrogen) atoms. The molecule has 5 heteroatoms. The van der Waals surface area contributed by atoms with E-state index >= 15 is 0 Å². The number of carbonyl (C=O) groups is 2. The molecule has 1 saturated heterocycles. The van der Waals surface area contributed by atoms with Gasteiger partial charge in [0.2, 0.25) is 11.8 Å². The second kappa shape index (κ2) is 8.57. The first kappa shape index (κ1) is 20.1. The molecule has 5 nitrogen and oxygen atoms in total. The molecule has 0 unspecified atom stereocenters. The molecule has 1 aliphatic rings. The Labute approximate surface area is 167 Å². The van der Waals surface area contributed by atoms with Gasteiger partial charge in [-0.05, 0) is 31.5 Å². The van der Waals surface area contributed by atoms with Crippen molar-refractivity contribution in [2.75, 3.05) is 38.1 Å². The largest absolute Gasteiger partial charge is 0.339 e. The number of hydrogen-bond donors (Lipinski definition) is 0. The summed E-state index contributed by atoms with van der Waals surface area (Å²) in [5.41, 5.74) is 0.981. The van der Waals surface area contributed by atoms with Gasteiger partial charge in [-0.25, -0.2) is 0 Å². The average molecular weight is 380 g/mol.